The van der Waals surface area contributed by atoms with E-state index in [2.05, 4.69) is 89.8 Å². The second kappa shape index (κ2) is 12.5. The summed E-state index contributed by atoms with van der Waals surface area (Å²) in [6.45, 7) is 4.39. The summed E-state index contributed by atoms with van der Waals surface area (Å²) >= 11 is 0. The van der Waals surface area contributed by atoms with Crippen molar-refractivity contribution < 1.29 is 13.6 Å². The number of rotatable bonds is 11. The summed E-state index contributed by atoms with van der Waals surface area (Å²) in [7, 11) is -3.10. The molecular formula is C31H32NO3P. The fraction of sp³-hybridized carbons (Fsp3) is 0.161. The van der Waals surface area contributed by atoms with Crippen LogP contribution in [0.5, 0.6) is 0 Å². The second-order valence-electron chi connectivity index (χ2n) is 8.28. The molecule has 0 fully saturated rings. The molecule has 0 radical (unpaired) electrons. The zero-order valence-electron chi connectivity index (χ0n) is 20.8. The van der Waals surface area contributed by atoms with Crippen molar-refractivity contribution >= 4 is 36.8 Å². The Bertz CT molecular complexity index is 1240. The molecule has 0 unspecified atom stereocenters. The van der Waals surface area contributed by atoms with Crippen molar-refractivity contribution in [3.63, 3.8) is 0 Å². The summed E-state index contributed by atoms with van der Waals surface area (Å²) in [5.41, 5.74) is 6.45. The van der Waals surface area contributed by atoms with Crippen LogP contribution < -0.4 is 4.90 Å². The largest absolute Gasteiger partial charge is 0.335 e. The maximum absolute atomic E-state index is 12.8. The third-order valence-corrected chi connectivity index (χ3v) is 7.71. The Kier molecular flexibility index (Phi) is 8.91. The Hall–Kier alpha value is -3.43. The van der Waals surface area contributed by atoms with E-state index in [0.717, 1.165) is 33.8 Å². The van der Waals surface area contributed by atoms with Crippen molar-refractivity contribution in [2.24, 2.45) is 0 Å². The quantitative estimate of drug-likeness (QED) is 0.153. The minimum absolute atomic E-state index is 0.277. The first-order valence-electron chi connectivity index (χ1n) is 12.3. The number of para-hydroxylation sites is 2. The zero-order chi connectivity index (χ0) is 25.2. The summed E-state index contributed by atoms with van der Waals surface area (Å²) in [6.07, 6.45) is 4.45. The maximum Gasteiger partial charge on any atom is 0.335 e. The first kappa shape index (κ1) is 25.7. The molecule has 4 aromatic rings. The molecule has 4 nitrogen and oxygen atoms in total. The van der Waals surface area contributed by atoms with E-state index in [-0.39, 0.29) is 6.16 Å². The minimum atomic E-state index is -3.10. The summed E-state index contributed by atoms with van der Waals surface area (Å²) in [5, 5.41) is 0. The van der Waals surface area contributed by atoms with Crippen LogP contribution in [0.15, 0.2) is 109 Å². The van der Waals surface area contributed by atoms with Crippen molar-refractivity contribution in [3.05, 3.63) is 126 Å². The van der Waals surface area contributed by atoms with Crippen LogP contribution >= 0.6 is 7.60 Å². The standard InChI is InChI=1S/C31H32NO3P/c1-3-34-36(33,35-4-2)25-28-19-17-26(18-20-28)15-16-27-21-23-31(24-22-27)32(29-11-7-5-8-12-29)30-13-9-6-10-14-30/h5-24H,3-4,25H2,1-2H3. The molecule has 0 saturated carbocycles. The number of anilines is 3. The predicted octanol–water partition coefficient (Wildman–Crippen LogP) is 9.09. The number of nitrogens with zero attached hydrogens (tertiary/aromatic N) is 1. The van der Waals surface area contributed by atoms with Crippen molar-refractivity contribution in [3.8, 4) is 0 Å². The summed E-state index contributed by atoms with van der Waals surface area (Å²) in [5.74, 6) is 0. The molecule has 0 atom stereocenters. The van der Waals surface area contributed by atoms with E-state index in [1.807, 2.05) is 50.2 Å². The SMILES string of the molecule is CCOP(=O)(Cc1ccc(C=Cc2ccc(N(c3ccccc3)c3ccccc3)cc2)cc1)OCC. The van der Waals surface area contributed by atoms with Crippen molar-refractivity contribution in [1.29, 1.82) is 0 Å². The molecule has 0 aliphatic carbocycles. The predicted molar refractivity (Wildman–Crippen MR) is 151 cm³/mol. The summed E-state index contributed by atoms with van der Waals surface area (Å²) < 4.78 is 23.6. The average molecular weight is 498 g/mol. The Morgan fingerprint density at radius 3 is 1.47 bits per heavy atom. The van der Waals surface area contributed by atoms with Crippen molar-refractivity contribution in [2.75, 3.05) is 18.1 Å². The highest BCUT2D eigenvalue weighted by Gasteiger charge is 2.23. The molecule has 0 amide bonds. The highest BCUT2D eigenvalue weighted by atomic mass is 31.2. The Morgan fingerprint density at radius 1 is 0.611 bits per heavy atom. The van der Waals surface area contributed by atoms with E-state index in [0.29, 0.717) is 13.2 Å². The molecule has 5 heteroatoms. The van der Waals surface area contributed by atoms with Crippen molar-refractivity contribution in [1.82, 2.24) is 0 Å². The van der Waals surface area contributed by atoms with E-state index in [9.17, 15) is 4.57 Å². The molecule has 0 heterocycles. The van der Waals surface area contributed by atoms with E-state index in [1.165, 1.54) is 0 Å². The number of hydrogen-bond acceptors (Lipinski definition) is 4. The third kappa shape index (κ3) is 6.83. The van der Waals surface area contributed by atoms with Gasteiger partial charge in [0.2, 0.25) is 0 Å². The maximum atomic E-state index is 12.8. The lowest BCUT2D eigenvalue weighted by atomic mass is 10.1. The second-order valence-corrected chi connectivity index (χ2v) is 10.3. The van der Waals surface area contributed by atoms with Crippen molar-refractivity contribution in [2.45, 2.75) is 20.0 Å². The fourth-order valence-electron chi connectivity index (χ4n) is 4.01. The summed E-state index contributed by atoms with van der Waals surface area (Å²) in [4.78, 5) is 2.25. The normalized spacial score (nSPS) is 11.6. The van der Waals surface area contributed by atoms with Crippen LogP contribution in [0.25, 0.3) is 12.2 Å². The van der Waals surface area contributed by atoms with Crippen LogP contribution in [0, 0.1) is 0 Å². The van der Waals surface area contributed by atoms with Gasteiger partial charge in [0, 0.05) is 17.1 Å². The monoisotopic (exact) mass is 497 g/mol. The van der Waals surface area contributed by atoms with Gasteiger partial charge in [-0.25, -0.2) is 0 Å². The van der Waals surface area contributed by atoms with Crippen LogP contribution in [0.4, 0.5) is 17.1 Å². The van der Waals surface area contributed by atoms with Crippen LogP contribution in [0.1, 0.15) is 30.5 Å². The number of hydrogen-bond donors (Lipinski definition) is 0. The minimum Gasteiger partial charge on any atom is -0.311 e. The van der Waals surface area contributed by atoms with Gasteiger partial charge in [0.1, 0.15) is 0 Å². The van der Waals surface area contributed by atoms with Gasteiger partial charge in [-0.2, -0.15) is 0 Å². The molecule has 0 spiro atoms. The third-order valence-electron chi connectivity index (χ3n) is 5.66. The lowest BCUT2D eigenvalue weighted by Gasteiger charge is -2.25. The van der Waals surface area contributed by atoms with Gasteiger partial charge in [0.15, 0.2) is 0 Å². The molecule has 0 aromatic heterocycles. The van der Waals surface area contributed by atoms with E-state index < -0.39 is 7.60 Å². The molecule has 0 saturated heterocycles. The molecule has 0 aliphatic heterocycles. The summed E-state index contributed by atoms with van der Waals surface area (Å²) in [6, 6.07) is 37.3. The Balaban J connectivity index is 1.48. The van der Waals surface area contributed by atoms with Gasteiger partial charge >= 0.3 is 7.60 Å². The molecule has 0 bridgehead atoms. The number of benzene rings is 4. The first-order chi connectivity index (χ1) is 17.6. The average Bonchev–Trinajstić information content (AvgIpc) is 2.91. The Morgan fingerprint density at radius 2 is 1.03 bits per heavy atom. The van der Waals surface area contributed by atoms with Gasteiger partial charge in [0.25, 0.3) is 0 Å². The van der Waals surface area contributed by atoms with Gasteiger partial charge in [-0.05, 0) is 66.9 Å². The lowest BCUT2D eigenvalue weighted by molar-refractivity contribution is 0.219. The molecule has 4 aromatic carbocycles. The van der Waals surface area contributed by atoms with E-state index in [4.69, 9.17) is 9.05 Å². The topological polar surface area (TPSA) is 38.8 Å². The van der Waals surface area contributed by atoms with Crippen LogP contribution in [0.3, 0.4) is 0 Å². The first-order valence-corrected chi connectivity index (χ1v) is 14.0. The zero-order valence-corrected chi connectivity index (χ0v) is 21.7. The van der Waals surface area contributed by atoms with Gasteiger partial charge in [0.05, 0.1) is 19.4 Å². The highest BCUT2D eigenvalue weighted by Crippen LogP contribution is 2.51. The molecule has 0 aliphatic rings. The van der Waals surface area contributed by atoms with Gasteiger partial charge in [-0.3, -0.25) is 4.57 Å². The molecule has 184 valence electrons. The van der Waals surface area contributed by atoms with Gasteiger partial charge in [-0.15, -0.1) is 0 Å². The molecular weight excluding hydrogens is 465 g/mol. The lowest BCUT2D eigenvalue weighted by Crippen LogP contribution is -2.09. The van der Waals surface area contributed by atoms with Crippen LogP contribution in [-0.2, 0) is 19.8 Å². The van der Waals surface area contributed by atoms with E-state index in [1.54, 1.807) is 0 Å². The Labute approximate surface area is 214 Å². The van der Waals surface area contributed by atoms with E-state index >= 15 is 0 Å². The van der Waals surface area contributed by atoms with Gasteiger partial charge in [-0.1, -0.05) is 84.9 Å². The van der Waals surface area contributed by atoms with Gasteiger partial charge < -0.3 is 13.9 Å². The molecule has 36 heavy (non-hydrogen) atoms. The molecule has 4 rings (SSSR count). The highest BCUT2D eigenvalue weighted by molar-refractivity contribution is 7.53. The molecule has 0 N–H and O–H groups in total. The van der Waals surface area contributed by atoms with Crippen LogP contribution in [-0.4, -0.2) is 13.2 Å². The fourth-order valence-corrected chi connectivity index (χ4v) is 5.71. The van der Waals surface area contributed by atoms with Crippen LogP contribution in [0.2, 0.25) is 0 Å². The smallest absolute Gasteiger partial charge is 0.311 e.